The van der Waals surface area contributed by atoms with Crippen molar-refractivity contribution < 1.29 is 14.3 Å². The molecule has 0 aromatic heterocycles. The number of carbonyl (C=O) groups excluding carboxylic acids is 1. The van der Waals surface area contributed by atoms with Crippen LogP contribution in [0.4, 0.5) is 4.79 Å². The van der Waals surface area contributed by atoms with Gasteiger partial charge in [0.15, 0.2) is 0 Å². The number of carbonyl (C=O) groups is 1. The Labute approximate surface area is 101 Å². The lowest BCUT2D eigenvalue weighted by molar-refractivity contribution is 0.125. The number of benzene rings is 1. The number of hydrogen-bond donors (Lipinski definition) is 2. The molecular weight excluding hydrogens is 220 g/mol. The molecule has 0 aliphatic rings. The summed E-state index contributed by atoms with van der Waals surface area (Å²) in [6.07, 6.45) is -0.420. The number of ether oxygens (including phenoxy) is 2. The van der Waals surface area contributed by atoms with Gasteiger partial charge in [0, 0.05) is 13.1 Å². The van der Waals surface area contributed by atoms with Crippen molar-refractivity contribution in [2.45, 2.75) is 0 Å². The molecule has 1 aromatic rings. The summed E-state index contributed by atoms with van der Waals surface area (Å²) in [5.41, 5.74) is 0. The van der Waals surface area contributed by atoms with Crippen LogP contribution < -0.4 is 15.4 Å². The minimum Gasteiger partial charge on any atom is -0.490 e. The first-order chi connectivity index (χ1) is 8.33. The van der Waals surface area contributed by atoms with Crippen LogP contribution in [-0.2, 0) is 4.74 Å². The van der Waals surface area contributed by atoms with Gasteiger partial charge in [-0.3, -0.25) is 0 Å². The average molecular weight is 238 g/mol. The van der Waals surface area contributed by atoms with Gasteiger partial charge >= 0.3 is 6.09 Å². The number of likely N-dealkylation sites (N-methyl/N-ethyl adjacent to an activating group) is 1. The number of rotatable bonds is 7. The van der Waals surface area contributed by atoms with Gasteiger partial charge in [0.1, 0.15) is 19.0 Å². The zero-order valence-electron chi connectivity index (χ0n) is 9.94. The van der Waals surface area contributed by atoms with E-state index in [-0.39, 0.29) is 6.61 Å². The van der Waals surface area contributed by atoms with Gasteiger partial charge in [0.25, 0.3) is 0 Å². The Bertz CT molecular complexity index is 317. The van der Waals surface area contributed by atoms with Gasteiger partial charge in [-0.1, -0.05) is 18.2 Å². The molecule has 0 heterocycles. The molecule has 0 saturated heterocycles. The molecule has 0 fully saturated rings. The summed E-state index contributed by atoms with van der Waals surface area (Å²) in [5, 5.41) is 5.52. The van der Waals surface area contributed by atoms with Crippen LogP contribution >= 0.6 is 0 Å². The second kappa shape index (κ2) is 8.41. The number of nitrogens with one attached hydrogen (secondary N) is 2. The molecule has 5 nitrogen and oxygen atoms in total. The highest BCUT2D eigenvalue weighted by Crippen LogP contribution is 2.07. The average Bonchev–Trinajstić information content (AvgIpc) is 2.36. The predicted molar refractivity (Wildman–Crippen MR) is 65.2 cm³/mol. The Hall–Kier alpha value is -1.75. The van der Waals surface area contributed by atoms with Crippen molar-refractivity contribution in [1.29, 1.82) is 0 Å². The fourth-order valence-electron chi connectivity index (χ4n) is 1.15. The zero-order valence-corrected chi connectivity index (χ0v) is 9.94. The molecular formula is C12H18N2O3. The third-order valence-corrected chi connectivity index (χ3v) is 1.97. The molecule has 0 saturated carbocycles. The molecule has 0 bridgehead atoms. The summed E-state index contributed by atoms with van der Waals surface area (Å²) in [7, 11) is 1.82. The molecule has 0 aliphatic heterocycles. The van der Waals surface area contributed by atoms with Crippen molar-refractivity contribution >= 4 is 6.09 Å². The Morgan fingerprint density at radius 3 is 2.65 bits per heavy atom. The van der Waals surface area contributed by atoms with Gasteiger partial charge in [-0.25, -0.2) is 4.79 Å². The molecule has 1 rings (SSSR count). The topological polar surface area (TPSA) is 59.6 Å². The normalized spacial score (nSPS) is 9.71. The van der Waals surface area contributed by atoms with E-state index in [4.69, 9.17) is 9.47 Å². The van der Waals surface area contributed by atoms with E-state index >= 15 is 0 Å². The summed E-state index contributed by atoms with van der Waals surface area (Å²) >= 11 is 0. The second-order valence-corrected chi connectivity index (χ2v) is 3.33. The molecule has 17 heavy (non-hydrogen) atoms. The van der Waals surface area contributed by atoms with E-state index in [9.17, 15) is 4.79 Å². The molecule has 0 radical (unpaired) electrons. The number of alkyl carbamates (subject to hydrolysis) is 1. The molecule has 0 atom stereocenters. The summed E-state index contributed by atoms with van der Waals surface area (Å²) in [6, 6.07) is 9.40. The van der Waals surface area contributed by atoms with Crippen LogP contribution in [0.25, 0.3) is 0 Å². The highest BCUT2D eigenvalue weighted by Gasteiger charge is 2.00. The first-order valence-electron chi connectivity index (χ1n) is 5.56. The van der Waals surface area contributed by atoms with Gasteiger partial charge in [0.05, 0.1) is 0 Å². The third kappa shape index (κ3) is 6.42. The van der Waals surface area contributed by atoms with E-state index in [0.717, 1.165) is 12.3 Å². The van der Waals surface area contributed by atoms with Crippen molar-refractivity contribution in [3.63, 3.8) is 0 Å². The fraction of sp³-hybridized carbons (Fsp3) is 0.417. The third-order valence-electron chi connectivity index (χ3n) is 1.97. The maximum Gasteiger partial charge on any atom is 0.407 e. The zero-order chi connectivity index (χ0) is 12.3. The quantitative estimate of drug-likeness (QED) is 0.696. The van der Waals surface area contributed by atoms with E-state index in [0.29, 0.717) is 13.2 Å². The maximum absolute atomic E-state index is 11.1. The predicted octanol–water partition coefficient (Wildman–Crippen LogP) is 1.01. The fourth-order valence-corrected chi connectivity index (χ4v) is 1.15. The minimum atomic E-state index is -0.420. The summed E-state index contributed by atoms with van der Waals surface area (Å²) in [6.45, 7) is 1.86. The number of para-hydroxylation sites is 1. The monoisotopic (exact) mass is 238 g/mol. The lowest BCUT2D eigenvalue weighted by Gasteiger charge is -2.08. The van der Waals surface area contributed by atoms with Gasteiger partial charge < -0.3 is 20.1 Å². The number of amides is 1. The highest BCUT2D eigenvalue weighted by molar-refractivity contribution is 5.67. The highest BCUT2D eigenvalue weighted by atomic mass is 16.6. The minimum absolute atomic E-state index is 0.236. The van der Waals surface area contributed by atoms with E-state index < -0.39 is 6.09 Å². The Kier molecular flexibility index (Phi) is 6.59. The van der Waals surface area contributed by atoms with E-state index in [1.165, 1.54) is 0 Å². The van der Waals surface area contributed by atoms with Crippen molar-refractivity contribution in [3.8, 4) is 5.75 Å². The van der Waals surface area contributed by atoms with Crippen molar-refractivity contribution in [3.05, 3.63) is 30.3 Å². The van der Waals surface area contributed by atoms with Crippen LogP contribution in [0.1, 0.15) is 0 Å². The molecule has 1 amide bonds. The Balaban J connectivity index is 2.02. The SMILES string of the molecule is CNCCNC(=O)OCCOc1ccccc1. The van der Waals surface area contributed by atoms with Gasteiger partial charge in [0.2, 0.25) is 0 Å². The van der Waals surface area contributed by atoms with Gasteiger partial charge in [-0.05, 0) is 19.2 Å². The van der Waals surface area contributed by atoms with Crippen LogP contribution in [0, 0.1) is 0 Å². The van der Waals surface area contributed by atoms with Crippen LogP contribution in [0.5, 0.6) is 5.75 Å². The summed E-state index contributed by atoms with van der Waals surface area (Å²) in [5.74, 6) is 0.770. The molecule has 0 aliphatic carbocycles. The molecule has 0 spiro atoms. The van der Waals surface area contributed by atoms with E-state index in [1.807, 2.05) is 37.4 Å². The van der Waals surface area contributed by atoms with Crippen LogP contribution in [0.2, 0.25) is 0 Å². The molecule has 2 N–H and O–H groups in total. The second-order valence-electron chi connectivity index (χ2n) is 3.33. The Morgan fingerprint density at radius 1 is 1.18 bits per heavy atom. The maximum atomic E-state index is 11.1. The number of hydrogen-bond acceptors (Lipinski definition) is 4. The first-order valence-corrected chi connectivity index (χ1v) is 5.56. The smallest absolute Gasteiger partial charge is 0.407 e. The van der Waals surface area contributed by atoms with Crippen molar-refractivity contribution in [2.24, 2.45) is 0 Å². The van der Waals surface area contributed by atoms with E-state index in [2.05, 4.69) is 10.6 Å². The molecule has 94 valence electrons. The standard InChI is InChI=1S/C12H18N2O3/c1-13-7-8-14-12(15)17-10-9-16-11-5-3-2-4-6-11/h2-6,13H,7-10H2,1H3,(H,14,15). The summed E-state index contributed by atoms with van der Waals surface area (Å²) < 4.78 is 10.3. The lowest BCUT2D eigenvalue weighted by Crippen LogP contribution is -2.31. The van der Waals surface area contributed by atoms with Gasteiger partial charge in [-0.15, -0.1) is 0 Å². The van der Waals surface area contributed by atoms with Crippen LogP contribution in [-0.4, -0.2) is 39.4 Å². The molecule has 1 aromatic carbocycles. The van der Waals surface area contributed by atoms with Crippen LogP contribution in [0.3, 0.4) is 0 Å². The summed E-state index contributed by atoms with van der Waals surface area (Å²) in [4.78, 5) is 11.1. The van der Waals surface area contributed by atoms with E-state index in [1.54, 1.807) is 0 Å². The molecule has 5 heteroatoms. The molecule has 0 unspecified atom stereocenters. The first kappa shape index (κ1) is 13.3. The van der Waals surface area contributed by atoms with Gasteiger partial charge in [-0.2, -0.15) is 0 Å². The van der Waals surface area contributed by atoms with Crippen molar-refractivity contribution in [2.75, 3.05) is 33.4 Å². The van der Waals surface area contributed by atoms with Crippen molar-refractivity contribution in [1.82, 2.24) is 10.6 Å². The van der Waals surface area contributed by atoms with Crippen LogP contribution in [0.15, 0.2) is 30.3 Å². The largest absolute Gasteiger partial charge is 0.490 e. The Morgan fingerprint density at radius 2 is 1.94 bits per heavy atom. The lowest BCUT2D eigenvalue weighted by atomic mass is 10.3.